The van der Waals surface area contributed by atoms with Crippen LogP contribution in [0.1, 0.15) is 38.4 Å². The molecule has 1 rings (SSSR count). The average molecular weight is 237 g/mol. The van der Waals surface area contributed by atoms with Crippen LogP contribution in [0.5, 0.6) is 0 Å². The van der Waals surface area contributed by atoms with Gasteiger partial charge in [0, 0.05) is 17.8 Å². The van der Waals surface area contributed by atoms with Gasteiger partial charge in [-0.3, -0.25) is 0 Å². The van der Waals surface area contributed by atoms with Crippen molar-refractivity contribution in [1.82, 2.24) is 10.3 Å². The zero-order chi connectivity index (χ0) is 12.2. The summed E-state index contributed by atoms with van der Waals surface area (Å²) in [5.74, 6) is 0. The Morgan fingerprint density at radius 3 is 2.88 bits per heavy atom. The van der Waals surface area contributed by atoms with Gasteiger partial charge in [0.2, 0.25) is 0 Å². The van der Waals surface area contributed by atoms with E-state index in [0.29, 0.717) is 6.04 Å². The molecule has 0 fully saturated rings. The number of hydrogen-bond acceptors (Lipinski definition) is 4. The number of nitriles is 1. The Morgan fingerprint density at radius 1 is 1.62 bits per heavy atom. The first-order valence-electron chi connectivity index (χ1n) is 5.59. The molecule has 0 spiro atoms. The molecule has 0 radical (unpaired) electrons. The smallest absolute Gasteiger partial charge is 0.113 e. The first-order chi connectivity index (χ1) is 7.49. The minimum atomic E-state index is -0.468. The van der Waals surface area contributed by atoms with E-state index in [1.807, 2.05) is 13.8 Å². The Bertz CT molecular complexity index is 376. The zero-order valence-electron chi connectivity index (χ0n) is 10.4. The maximum absolute atomic E-state index is 9.03. The van der Waals surface area contributed by atoms with Crippen molar-refractivity contribution in [1.29, 1.82) is 5.26 Å². The summed E-state index contributed by atoms with van der Waals surface area (Å²) >= 11 is 1.58. The first-order valence-corrected chi connectivity index (χ1v) is 6.47. The summed E-state index contributed by atoms with van der Waals surface area (Å²) in [5.41, 5.74) is 0.612. The molecule has 1 aromatic rings. The van der Waals surface area contributed by atoms with E-state index in [2.05, 4.69) is 35.6 Å². The van der Waals surface area contributed by atoms with Gasteiger partial charge in [-0.15, -0.1) is 11.3 Å². The van der Waals surface area contributed by atoms with Gasteiger partial charge in [0.05, 0.1) is 11.8 Å². The first kappa shape index (κ1) is 13.1. The Balaban J connectivity index is 2.69. The molecule has 3 nitrogen and oxygen atoms in total. The lowest BCUT2D eigenvalue weighted by Gasteiger charge is -2.11. The highest BCUT2D eigenvalue weighted by Gasteiger charge is 2.23. The molecule has 1 atom stereocenters. The lowest BCUT2D eigenvalue weighted by atomic mass is 9.97. The van der Waals surface area contributed by atoms with Crippen molar-refractivity contribution in [2.45, 2.75) is 45.6 Å². The lowest BCUT2D eigenvalue weighted by molar-refractivity contribution is 0.558. The van der Waals surface area contributed by atoms with Crippen LogP contribution in [-0.4, -0.2) is 17.6 Å². The van der Waals surface area contributed by atoms with Crippen molar-refractivity contribution in [3.63, 3.8) is 0 Å². The third kappa shape index (κ3) is 3.29. The molecule has 0 amide bonds. The van der Waals surface area contributed by atoms with Crippen LogP contribution in [0.25, 0.3) is 0 Å². The SMILES string of the molecule is CCNC(C)Cc1csc(C(C)(C)C#N)n1. The van der Waals surface area contributed by atoms with Crippen molar-refractivity contribution >= 4 is 11.3 Å². The molecule has 1 unspecified atom stereocenters. The molecule has 16 heavy (non-hydrogen) atoms. The van der Waals surface area contributed by atoms with Gasteiger partial charge in [0.1, 0.15) is 10.4 Å². The monoisotopic (exact) mass is 237 g/mol. The van der Waals surface area contributed by atoms with E-state index < -0.39 is 5.41 Å². The molecular formula is C12H19N3S. The van der Waals surface area contributed by atoms with Crippen LogP contribution in [-0.2, 0) is 11.8 Å². The van der Waals surface area contributed by atoms with E-state index in [1.54, 1.807) is 11.3 Å². The molecule has 0 aliphatic heterocycles. The van der Waals surface area contributed by atoms with E-state index in [0.717, 1.165) is 23.7 Å². The van der Waals surface area contributed by atoms with E-state index >= 15 is 0 Å². The molecule has 1 heterocycles. The summed E-state index contributed by atoms with van der Waals surface area (Å²) in [6.45, 7) is 9.04. The summed E-state index contributed by atoms with van der Waals surface area (Å²) in [6, 6.07) is 2.72. The van der Waals surface area contributed by atoms with Crippen molar-refractivity contribution in [3.8, 4) is 6.07 Å². The van der Waals surface area contributed by atoms with Crippen LogP contribution < -0.4 is 5.32 Å². The van der Waals surface area contributed by atoms with Gasteiger partial charge in [0.15, 0.2) is 0 Å². The number of thiazole rings is 1. The van der Waals surface area contributed by atoms with Gasteiger partial charge < -0.3 is 5.32 Å². The fourth-order valence-corrected chi connectivity index (χ4v) is 2.38. The van der Waals surface area contributed by atoms with Crippen molar-refractivity contribution in [2.75, 3.05) is 6.54 Å². The quantitative estimate of drug-likeness (QED) is 0.856. The molecule has 0 aliphatic carbocycles. The molecule has 1 N–H and O–H groups in total. The second-order valence-corrected chi connectivity index (χ2v) is 5.40. The van der Waals surface area contributed by atoms with Gasteiger partial charge in [0.25, 0.3) is 0 Å². The number of aromatic nitrogens is 1. The predicted molar refractivity (Wildman–Crippen MR) is 67.6 cm³/mol. The van der Waals surface area contributed by atoms with E-state index in [4.69, 9.17) is 5.26 Å². The molecule has 4 heteroatoms. The maximum atomic E-state index is 9.03. The predicted octanol–water partition coefficient (Wildman–Crippen LogP) is 2.48. The van der Waals surface area contributed by atoms with E-state index in [-0.39, 0.29) is 0 Å². The summed E-state index contributed by atoms with van der Waals surface area (Å²) in [6.07, 6.45) is 0.922. The Morgan fingerprint density at radius 2 is 2.31 bits per heavy atom. The minimum Gasteiger partial charge on any atom is -0.314 e. The molecule has 0 aliphatic rings. The van der Waals surface area contributed by atoms with Gasteiger partial charge >= 0.3 is 0 Å². The maximum Gasteiger partial charge on any atom is 0.113 e. The lowest BCUT2D eigenvalue weighted by Crippen LogP contribution is -2.27. The Labute approximate surface area is 102 Å². The number of hydrogen-bond donors (Lipinski definition) is 1. The minimum absolute atomic E-state index is 0.435. The normalized spacial score (nSPS) is 13.4. The standard InChI is InChI=1S/C12H19N3S/c1-5-14-9(2)6-10-7-16-11(15-10)12(3,4)8-13/h7,9,14H,5-6H2,1-4H3. The van der Waals surface area contributed by atoms with Gasteiger partial charge in [-0.25, -0.2) is 4.98 Å². The fourth-order valence-electron chi connectivity index (χ4n) is 1.47. The van der Waals surface area contributed by atoms with Crippen LogP contribution in [0.3, 0.4) is 0 Å². The highest BCUT2D eigenvalue weighted by Crippen LogP contribution is 2.25. The molecule has 0 bridgehead atoms. The second-order valence-electron chi connectivity index (χ2n) is 4.54. The highest BCUT2D eigenvalue weighted by atomic mass is 32.1. The summed E-state index contributed by atoms with van der Waals surface area (Å²) in [7, 11) is 0. The fraction of sp³-hybridized carbons (Fsp3) is 0.667. The average Bonchev–Trinajstić information content (AvgIpc) is 2.67. The number of nitrogens with one attached hydrogen (secondary N) is 1. The molecule has 88 valence electrons. The summed E-state index contributed by atoms with van der Waals surface area (Å²) < 4.78 is 0. The third-order valence-corrected chi connectivity index (χ3v) is 3.65. The highest BCUT2D eigenvalue weighted by molar-refractivity contribution is 7.09. The van der Waals surface area contributed by atoms with Gasteiger partial charge in [-0.2, -0.15) is 5.26 Å². The van der Waals surface area contributed by atoms with E-state index in [9.17, 15) is 0 Å². The number of nitrogens with zero attached hydrogens (tertiary/aromatic N) is 2. The van der Waals surface area contributed by atoms with Crippen LogP contribution in [0.4, 0.5) is 0 Å². The van der Waals surface area contributed by atoms with E-state index in [1.165, 1.54) is 0 Å². The van der Waals surface area contributed by atoms with Crippen LogP contribution in [0, 0.1) is 11.3 Å². The molecule has 1 aromatic heterocycles. The van der Waals surface area contributed by atoms with Crippen molar-refractivity contribution in [3.05, 3.63) is 16.1 Å². The summed E-state index contributed by atoms with van der Waals surface area (Å²) in [4.78, 5) is 4.53. The zero-order valence-corrected chi connectivity index (χ0v) is 11.2. The molecule has 0 aromatic carbocycles. The van der Waals surface area contributed by atoms with Crippen molar-refractivity contribution < 1.29 is 0 Å². The number of likely N-dealkylation sites (N-methyl/N-ethyl adjacent to an activating group) is 1. The molecular weight excluding hydrogens is 218 g/mol. The number of rotatable bonds is 5. The molecule has 0 saturated heterocycles. The van der Waals surface area contributed by atoms with Crippen LogP contribution in [0.15, 0.2) is 5.38 Å². The Hall–Kier alpha value is -0.920. The Kier molecular flexibility index (Phi) is 4.45. The largest absolute Gasteiger partial charge is 0.314 e. The van der Waals surface area contributed by atoms with Gasteiger partial charge in [-0.1, -0.05) is 6.92 Å². The summed E-state index contributed by atoms with van der Waals surface area (Å²) in [5, 5.41) is 15.4. The van der Waals surface area contributed by atoms with Crippen molar-refractivity contribution in [2.24, 2.45) is 0 Å². The third-order valence-electron chi connectivity index (χ3n) is 2.43. The van der Waals surface area contributed by atoms with Crippen LogP contribution >= 0.6 is 11.3 Å². The second kappa shape index (κ2) is 5.42. The molecule has 0 saturated carbocycles. The topological polar surface area (TPSA) is 48.7 Å². The van der Waals surface area contributed by atoms with Gasteiger partial charge in [-0.05, 0) is 27.3 Å². The van der Waals surface area contributed by atoms with Crippen LogP contribution in [0.2, 0.25) is 0 Å².